The molecule has 1 aliphatic carbocycles. The Morgan fingerprint density at radius 1 is 0.944 bits per heavy atom. The Morgan fingerprint density at radius 3 is 1.39 bits per heavy atom. The number of carbonyl (C=O) groups excluding carboxylic acids is 4. The number of allylic oxidation sites excluding steroid dienone is 4. The zero-order chi connectivity index (χ0) is 15.8. The van der Waals surface area contributed by atoms with Gasteiger partial charge in [0.2, 0.25) is 0 Å². The monoisotopic (exact) mass is 342 g/mol. The third kappa shape index (κ3) is 13.2. The molecule has 0 heterocycles. The normalized spacial score (nSPS) is 11.3. The molecule has 0 N–H and O–H groups in total. The van der Waals surface area contributed by atoms with Crippen LogP contribution in [0.15, 0.2) is 21.1 Å². The Kier molecular flexibility index (Phi) is 26.5. The van der Waals surface area contributed by atoms with Gasteiger partial charge in [0.1, 0.15) is 0 Å². The maximum atomic E-state index is 7.50. The summed E-state index contributed by atoms with van der Waals surface area (Å²) in [5.74, 6) is 0. The molecule has 0 saturated heterocycles. The first-order valence-corrected chi connectivity index (χ1v) is 9.02. The van der Waals surface area contributed by atoms with E-state index in [4.69, 9.17) is 19.2 Å². The molecule has 0 aromatic heterocycles. The molecule has 0 fully saturated rings. The molecule has 0 atom stereocenters. The summed E-state index contributed by atoms with van der Waals surface area (Å²) in [5, 5.41) is 1.68. The molecule has 0 amide bonds. The first kappa shape index (κ1) is 25.8. The smallest absolute Gasteiger partial charge is 0.281 e. The van der Waals surface area contributed by atoms with E-state index in [1.165, 1.54) is 6.42 Å². The minimum Gasteiger partial charge on any atom is -0.281 e. The molecule has 1 rings (SSSR count). The maximum Gasteiger partial charge on any atom is 0.281 e. The molecule has 0 aromatic carbocycles. The molecule has 0 bridgehead atoms. The summed E-state index contributed by atoms with van der Waals surface area (Å²) in [7, 11) is -0.982. The average Bonchev–Trinajstić information content (AvgIpc) is 2.85. The molecule has 4 nitrogen and oxygen atoms in total. The van der Waals surface area contributed by atoms with Crippen molar-refractivity contribution < 1.29 is 40.2 Å². The largest absolute Gasteiger partial charge is 0.281 e. The SMILES string of the molecule is C[Si](C)(C)C1=[C]([Nb])CC=C1.[C]=O.[C]=O.[C]=O.[C]=O. The summed E-state index contributed by atoms with van der Waals surface area (Å²) in [5.41, 5.74) is 0. The van der Waals surface area contributed by atoms with Crippen LogP contribution in [0.25, 0.3) is 0 Å². The van der Waals surface area contributed by atoms with E-state index in [1.807, 2.05) is 21.1 Å². The molecule has 0 aliphatic heterocycles. The van der Waals surface area contributed by atoms with Gasteiger partial charge in [0.25, 0.3) is 27.2 Å². The van der Waals surface area contributed by atoms with Crippen LogP contribution in [0.4, 0.5) is 0 Å². The first-order valence-electron chi connectivity index (χ1n) is 4.42. The van der Waals surface area contributed by atoms with E-state index in [2.05, 4.69) is 58.9 Å². The summed E-state index contributed by atoms with van der Waals surface area (Å²) >= 11 is 1.90. The summed E-state index contributed by atoms with van der Waals surface area (Å²) in [6, 6.07) is 0. The zero-order valence-electron chi connectivity index (χ0n) is 10.4. The van der Waals surface area contributed by atoms with Gasteiger partial charge in [0.05, 0.1) is 0 Å². The van der Waals surface area contributed by atoms with Crippen LogP contribution in [0.1, 0.15) is 6.42 Å². The Morgan fingerprint density at radius 2 is 1.28 bits per heavy atom. The molecule has 0 unspecified atom stereocenters. The van der Waals surface area contributed by atoms with Crippen LogP contribution in [0.5, 0.6) is 0 Å². The summed E-state index contributed by atoms with van der Waals surface area (Å²) in [4.78, 5) is 30.0. The van der Waals surface area contributed by atoms with Crippen LogP contribution in [0.2, 0.25) is 19.6 Å². The van der Waals surface area contributed by atoms with E-state index in [-0.39, 0.29) is 0 Å². The van der Waals surface area contributed by atoms with Gasteiger partial charge >= 0.3 is 76.3 Å². The zero-order valence-corrected chi connectivity index (χ0v) is 13.6. The van der Waals surface area contributed by atoms with Gasteiger partial charge in [-0.25, -0.2) is 0 Å². The van der Waals surface area contributed by atoms with Crippen molar-refractivity contribution >= 4 is 35.2 Å². The second-order valence-electron chi connectivity index (χ2n) is 3.72. The molecule has 0 spiro atoms. The molecule has 1 aliphatic rings. The van der Waals surface area contributed by atoms with Gasteiger partial charge < -0.3 is 0 Å². The van der Waals surface area contributed by atoms with Gasteiger partial charge in [0.15, 0.2) is 0 Å². The van der Waals surface area contributed by atoms with Gasteiger partial charge in [-0.3, -0.25) is 19.2 Å². The Balaban J connectivity index is -0.000000105. The van der Waals surface area contributed by atoms with Crippen molar-refractivity contribution in [2.45, 2.75) is 26.1 Å². The van der Waals surface area contributed by atoms with Gasteiger partial charge in [-0.15, -0.1) is 0 Å². The minimum absolute atomic E-state index is 0.982. The molecule has 0 saturated carbocycles. The van der Waals surface area contributed by atoms with Crippen LogP contribution < -0.4 is 0 Å². The molecule has 6 heteroatoms. The van der Waals surface area contributed by atoms with Crippen molar-refractivity contribution in [1.82, 2.24) is 0 Å². The number of hydrogen-bond acceptors (Lipinski definition) is 4. The Bertz CT molecular complexity index is 251. The second kappa shape index (κ2) is 18.5. The number of hydrogen-bond donors (Lipinski definition) is 0. The van der Waals surface area contributed by atoms with E-state index >= 15 is 0 Å². The molecule has 0 aromatic rings. The second-order valence-corrected chi connectivity index (χ2v) is 10.1. The van der Waals surface area contributed by atoms with Crippen LogP contribution in [0.3, 0.4) is 0 Å². The van der Waals surface area contributed by atoms with Crippen LogP contribution in [-0.4, -0.2) is 35.2 Å². The van der Waals surface area contributed by atoms with Crippen LogP contribution in [-0.2, 0) is 40.2 Å². The van der Waals surface area contributed by atoms with Crippen molar-refractivity contribution in [3.8, 4) is 0 Å². The fourth-order valence-corrected chi connectivity index (χ4v) is 5.68. The maximum absolute atomic E-state index is 7.50. The topological polar surface area (TPSA) is 68.3 Å². The van der Waals surface area contributed by atoms with Crippen LogP contribution in [0, 0.1) is 0 Å². The Labute approximate surface area is 122 Å². The fourth-order valence-electron chi connectivity index (χ4n) is 1.18. The minimum atomic E-state index is -0.982. The van der Waals surface area contributed by atoms with Crippen molar-refractivity contribution in [3.05, 3.63) is 21.1 Å². The quantitative estimate of drug-likeness (QED) is 0.668. The molecular formula is C12H13NbO4Si. The predicted octanol–water partition coefficient (Wildman–Crippen LogP) is 1.04. The van der Waals surface area contributed by atoms with Gasteiger partial charge in [-0.1, -0.05) is 0 Å². The van der Waals surface area contributed by atoms with Gasteiger partial charge in [-0.2, -0.15) is 0 Å². The van der Waals surface area contributed by atoms with Crippen molar-refractivity contribution in [1.29, 1.82) is 0 Å². The summed E-state index contributed by atoms with van der Waals surface area (Å²) in [6.45, 7) is 25.2. The predicted molar refractivity (Wildman–Crippen MR) is 66.9 cm³/mol. The molecule has 94 valence electrons. The van der Waals surface area contributed by atoms with Crippen LogP contribution >= 0.6 is 0 Å². The van der Waals surface area contributed by atoms with E-state index < -0.39 is 8.07 Å². The van der Waals surface area contributed by atoms with Crippen molar-refractivity contribution in [2.75, 3.05) is 0 Å². The van der Waals surface area contributed by atoms with Gasteiger partial charge in [-0.05, 0) is 0 Å². The molecule has 18 heavy (non-hydrogen) atoms. The van der Waals surface area contributed by atoms with E-state index in [1.54, 1.807) is 8.99 Å². The van der Waals surface area contributed by atoms with E-state index in [0.717, 1.165) is 0 Å². The third-order valence-electron chi connectivity index (χ3n) is 1.71. The molecule has 8 radical (unpaired) electrons. The molecular weight excluding hydrogens is 329 g/mol. The van der Waals surface area contributed by atoms with Gasteiger partial charge in [0, 0.05) is 0 Å². The summed E-state index contributed by atoms with van der Waals surface area (Å²) < 4.78 is 1.65. The van der Waals surface area contributed by atoms with E-state index in [0.29, 0.717) is 0 Å². The summed E-state index contributed by atoms with van der Waals surface area (Å²) in [6.07, 6.45) is 5.84. The van der Waals surface area contributed by atoms with Crippen molar-refractivity contribution in [3.63, 3.8) is 0 Å². The van der Waals surface area contributed by atoms with E-state index in [9.17, 15) is 0 Å². The number of rotatable bonds is 1. The third-order valence-corrected chi connectivity index (χ3v) is 5.38. The van der Waals surface area contributed by atoms with Crippen molar-refractivity contribution in [2.24, 2.45) is 0 Å². The first-order chi connectivity index (χ1) is 8.52. The Hall–Kier alpha value is -0.883. The standard InChI is InChI=1S/C8H13Si.4CO.Nb/c1-9(2,3)8-6-4-5-7-8;4*1-2;/h4,6H,5H2,1-3H3;;;;;. The average molecular weight is 342 g/mol. The fraction of sp³-hybridized carbons (Fsp3) is 0.333.